The van der Waals surface area contributed by atoms with Crippen LogP contribution in [0.5, 0.6) is 0 Å². The molecule has 0 aromatic carbocycles. The third-order valence-electron chi connectivity index (χ3n) is 7.07. The molecule has 0 rings (SSSR count). The average Bonchev–Trinajstić information content (AvgIpc) is 2.79. The number of rotatable bonds is 26. The molecule has 0 heterocycles. The molecule has 0 spiro atoms. The van der Waals surface area contributed by atoms with E-state index in [4.69, 9.17) is 8.85 Å². The van der Waals surface area contributed by atoms with Crippen LogP contribution in [0.4, 0.5) is 0 Å². The van der Waals surface area contributed by atoms with Crippen LogP contribution >= 0.6 is 0 Å². The molecule has 0 radical (unpaired) electrons. The fourth-order valence-electron chi connectivity index (χ4n) is 4.73. The summed E-state index contributed by atoms with van der Waals surface area (Å²) in [6.45, 7) is 4.59. The molecule has 0 aliphatic heterocycles. The maximum Gasteiger partial charge on any atom is 0.337 e. The van der Waals surface area contributed by atoms with Gasteiger partial charge >= 0.3 is 8.56 Å². The van der Waals surface area contributed by atoms with E-state index < -0.39 is 8.56 Å². The van der Waals surface area contributed by atoms with Gasteiger partial charge in [0.05, 0.1) is 0 Å². The van der Waals surface area contributed by atoms with E-state index >= 15 is 0 Å². The van der Waals surface area contributed by atoms with Gasteiger partial charge in [-0.05, 0) is 12.1 Å². The molecule has 0 saturated carbocycles. The van der Waals surface area contributed by atoms with Gasteiger partial charge in [-0.2, -0.15) is 0 Å². The highest BCUT2D eigenvalue weighted by atomic mass is 28.4. The highest BCUT2D eigenvalue weighted by molar-refractivity contribution is 6.67. The van der Waals surface area contributed by atoms with Gasteiger partial charge in [0.25, 0.3) is 0 Å². The Morgan fingerprint density at radius 3 is 0.806 bits per heavy atom. The molecule has 0 amide bonds. The average molecular weight is 457 g/mol. The quantitative estimate of drug-likeness (QED) is 0.0951. The van der Waals surface area contributed by atoms with Crippen molar-refractivity contribution in [1.29, 1.82) is 0 Å². The Bertz CT molecular complexity index is 331. The molecule has 0 aromatic heterocycles. The minimum absolute atomic E-state index is 1.19. The van der Waals surface area contributed by atoms with Gasteiger partial charge in [-0.1, -0.05) is 155 Å². The first-order chi connectivity index (χ1) is 15.2. The largest absolute Gasteiger partial charge is 0.398 e. The lowest BCUT2D eigenvalue weighted by molar-refractivity contribution is 0.238. The lowest BCUT2D eigenvalue weighted by Crippen LogP contribution is -2.39. The second-order valence-corrected chi connectivity index (χ2v) is 13.5. The topological polar surface area (TPSA) is 18.5 Å². The smallest absolute Gasteiger partial charge is 0.337 e. The molecule has 0 aromatic rings. The maximum atomic E-state index is 5.99. The Morgan fingerprint density at radius 2 is 0.581 bits per heavy atom. The van der Waals surface area contributed by atoms with E-state index in [0.29, 0.717) is 0 Å². The van der Waals surface area contributed by atoms with Crippen LogP contribution in [0.3, 0.4) is 0 Å². The summed E-state index contributed by atoms with van der Waals surface area (Å²) >= 11 is 0. The molecular formula is C28H60O2Si. The van der Waals surface area contributed by atoms with Crippen molar-refractivity contribution in [3.63, 3.8) is 0 Å². The first kappa shape index (κ1) is 31.1. The van der Waals surface area contributed by atoms with Crippen LogP contribution in [0.1, 0.15) is 155 Å². The summed E-state index contributed by atoms with van der Waals surface area (Å²) < 4.78 is 12.0. The third kappa shape index (κ3) is 20.5. The van der Waals surface area contributed by atoms with E-state index in [2.05, 4.69) is 13.8 Å². The summed E-state index contributed by atoms with van der Waals surface area (Å²) in [5, 5.41) is 0. The van der Waals surface area contributed by atoms with Crippen LogP contribution in [0.25, 0.3) is 0 Å². The molecule has 2 nitrogen and oxygen atoms in total. The summed E-state index contributed by atoms with van der Waals surface area (Å²) in [7, 11) is 1.86. The van der Waals surface area contributed by atoms with Gasteiger partial charge in [0, 0.05) is 14.2 Å². The van der Waals surface area contributed by atoms with Crippen LogP contribution in [-0.4, -0.2) is 22.8 Å². The number of hydrogen-bond donors (Lipinski definition) is 0. The van der Waals surface area contributed by atoms with E-state index in [1.54, 1.807) is 0 Å². The fourth-order valence-corrected chi connectivity index (χ4v) is 7.54. The molecule has 3 heteroatoms. The summed E-state index contributed by atoms with van der Waals surface area (Å²) in [4.78, 5) is 0. The summed E-state index contributed by atoms with van der Waals surface area (Å²) in [5.41, 5.74) is 0. The van der Waals surface area contributed by atoms with E-state index in [-0.39, 0.29) is 0 Å². The maximum absolute atomic E-state index is 5.99. The first-order valence-corrected chi connectivity index (χ1v) is 16.6. The zero-order valence-corrected chi connectivity index (χ0v) is 23.3. The Balaban J connectivity index is 3.60. The van der Waals surface area contributed by atoms with Gasteiger partial charge in [-0.3, -0.25) is 0 Å². The minimum atomic E-state index is -1.93. The van der Waals surface area contributed by atoms with Gasteiger partial charge in [0.2, 0.25) is 0 Å². The second kappa shape index (κ2) is 24.8. The van der Waals surface area contributed by atoms with E-state index in [9.17, 15) is 0 Å². The lowest BCUT2D eigenvalue weighted by Gasteiger charge is -2.27. The van der Waals surface area contributed by atoms with E-state index in [1.165, 1.54) is 153 Å². The van der Waals surface area contributed by atoms with Crippen molar-refractivity contribution in [2.45, 2.75) is 167 Å². The standard InChI is InChI=1S/C28H60O2Si/c1-5-7-9-11-13-15-17-18-20-22-24-26-28-31(29-3,30-4)27-25-23-21-19-16-14-12-10-8-6-2/h5-28H2,1-4H3. The third-order valence-corrected chi connectivity index (χ3v) is 10.8. The highest BCUT2D eigenvalue weighted by Gasteiger charge is 2.33. The Labute approximate surface area is 198 Å². The van der Waals surface area contributed by atoms with Gasteiger partial charge in [-0.25, -0.2) is 0 Å². The van der Waals surface area contributed by atoms with E-state index in [1.807, 2.05) is 14.2 Å². The van der Waals surface area contributed by atoms with Crippen molar-refractivity contribution in [2.75, 3.05) is 14.2 Å². The summed E-state index contributed by atoms with van der Waals surface area (Å²) in [6.07, 6.45) is 30.9. The molecule has 0 aliphatic rings. The molecule has 0 unspecified atom stereocenters. The zero-order chi connectivity index (χ0) is 22.9. The van der Waals surface area contributed by atoms with Crippen LogP contribution < -0.4 is 0 Å². The Hall–Kier alpha value is 0.137. The predicted molar refractivity (Wildman–Crippen MR) is 142 cm³/mol. The SMILES string of the molecule is CCCCCCCCCCCCCC[Si](CCCCCCCCCCCC)(OC)OC. The van der Waals surface area contributed by atoms with Crippen LogP contribution in [0.15, 0.2) is 0 Å². The van der Waals surface area contributed by atoms with Crippen LogP contribution in [-0.2, 0) is 8.85 Å². The molecule has 0 fully saturated rings. The van der Waals surface area contributed by atoms with Gasteiger partial charge in [0.1, 0.15) is 0 Å². The van der Waals surface area contributed by atoms with Crippen LogP contribution in [0.2, 0.25) is 12.1 Å². The van der Waals surface area contributed by atoms with Gasteiger partial charge in [-0.15, -0.1) is 0 Å². The number of unbranched alkanes of at least 4 members (excludes halogenated alkanes) is 20. The first-order valence-electron chi connectivity index (χ1n) is 14.3. The van der Waals surface area contributed by atoms with E-state index in [0.717, 1.165) is 0 Å². The van der Waals surface area contributed by atoms with Crippen LogP contribution in [0, 0.1) is 0 Å². The summed E-state index contributed by atoms with van der Waals surface area (Å²) in [6, 6.07) is 2.38. The molecule has 0 bridgehead atoms. The predicted octanol–water partition coefficient (Wildman–Crippen LogP) is 10.3. The molecule has 31 heavy (non-hydrogen) atoms. The van der Waals surface area contributed by atoms with Crippen molar-refractivity contribution in [2.24, 2.45) is 0 Å². The lowest BCUT2D eigenvalue weighted by atomic mass is 10.1. The van der Waals surface area contributed by atoms with Crippen molar-refractivity contribution in [1.82, 2.24) is 0 Å². The van der Waals surface area contributed by atoms with Crippen molar-refractivity contribution in [3.8, 4) is 0 Å². The molecule has 0 saturated heterocycles. The molecule has 0 aliphatic carbocycles. The highest BCUT2D eigenvalue weighted by Crippen LogP contribution is 2.25. The van der Waals surface area contributed by atoms with Crippen molar-refractivity contribution < 1.29 is 8.85 Å². The zero-order valence-electron chi connectivity index (χ0n) is 22.3. The van der Waals surface area contributed by atoms with Gasteiger partial charge < -0.3 is 8.85 Å². The summed E-state index contributed by atoms with van der Waals surface area (Å²) in [5.74, 6) is 0. The molecular weight excluding hydrogens is 396 g/mol. The monoisotopic (exact) mass is 456 g/mol. The number of hydrogen-bond acceptors (Lipinski definition) is 2. The van der Waals surface area contributed by atoms with Crippen molar-refractivity contribution in [3.05, 3.63) is 0 Å². The molecule has 188 valence electrons. The minimum Gasteiger partial charge on any atom is -0.398 e. The normalized spacial score (nSPS) is 12.0. The fraction of sp³-hybridized carbons (Fsp3) is 1.00. The molecule has 0 N–H and O–H groups in total. The Kier molecular flexibility index (Phi) is 24.9. The van der Waals surface area contributed by atoms with Crippen molar-refractivity contribution >= 4 is 8.56 Å². The Morgan fingerprint density at radius 1 is 0.355 bits per heavy atom. The molecule has 0 atom stereocenters. The second-order valence-electron chi connectivity index (χ2n) is 9.89. The van der Waals surface area contributed by atoms with Gasteiger partial charge in [0.15, 0.2) is 0 Å².